The first-order valence-electron chi connectivity index (χ1n) is 8.82. The zero-order chi connectivity index (χ0) is 19.5. The summed E-state index contributed by atoms with van der Waals surface area (Å²) in [5, 5.41) is 19.1. The Kier molecular flexibility index (Phi) is 4.78. The lowest BCUT2D eigenvalue weighted by Crippen LogP contribution is -2.47. The molecule has 28 heavy (non-hydrogen) atoms. The molecule has 2 atom stereocenters. The van der Waals surface area contributed by atoms with E-state index in [0.29, 0.717) is 23.1 Å². The van der Waals surface area contributed by atoms with E-state index in [9.17, 15) is 0 Å². The molecule has 1 fully saturated rings. The van der Waals surface area contributed by atoms with Crippen molar-refractivity contribution in [3.63, 3.8) is 0 Å². The van der Waals surface area contributed by atoms with Crippen LogP contribution in [0.4, 0.5) is 11.6 Å². The number of ether oxygens (including phenoxy) is 2. The third kappa shape index (κ3) is 3.45. The number of anilines is 2. The molecule has 0 unspecified atom stereocenters. The van der Waals surface area contributed by atoms with Gasteiger partial charge in [-0.1, -0.05) is 6.07 Å². The lowest BCUT2D eigenvalue weighted by molar-refractivity contribution is 0.0936. The SMILES string of the molecule is COc1cccc(O[C@H]2CC[C@@H]2N)c1-c1cc(Nc2cnc(C#N)cn2)n[nH]1. The van der Waals surface area contributed by atoms with Gasteiger partial charge in [-0.15, -0.1) is 0 Å². The zero-order valence-electron chi connectivity index (χ0n) is 15.2. The van der Waals surface area contributed by atoms with Gasteiger partial charge in [-0.05, 0) is 25.0 Å². The van der Waals surface area contributed by atoms with Crippen LogP contribution in [0, 0.1) is 11.3 Å². The highest BCUT2D eigenvalue weighted by Gasteiger charge is 2.30. The minimum Gasteiger partial charge on any atom is -0.496 e. The Morgan fingerprint density at radius 3 is 2.71 bits per heavy atom. The van der Waals surface area contributed by atoms with Crippen LogP contribution < -0.4 is 20.5 Å². The van der Waals surface area contributed by atoms with Crippen LogP contribution in [-0.4, -0.2) is 39.4 Å². The van der Waals surface area contributed by atoms with E-state index in [4.69, 9.17) is 20.5 Å². The van der Waals surface area contributed by atoms with E-state index >= 15 is 0 Å². The first kappa shape index (κ1) is 17.8. The molecule has 9 nitrogen and oxygen atoms in total. The lowest BCUT2D eigenvalue weighted by atomic mass is 9.90. The number of benzene rings is 1. The van der Waals surface area contributed by atoms with E-state index in [1.807, 2.05) is 30.3 Å². The van der Waals surface area contributed by atoms with Gasteiger partial charge in [0.25, 0.3) is 0 Å². The average Bonchev–Trinajstić information content (AvgIpc) is 3.19. The fraction of sp³-hybridized carbons (Fsp3) is 0.263. The van der Waals surface area contributed by atoms with Crippen LogP contribution in [0.5, 0.6) is 11.5 Å². The second-order valence-corrected chi connectivity index (χ2v) is 6.42. The fourth-order valence-electron chi connectivity index (χ4n) is 2.94. The summed E-state index contributed by atoms with van der Waals surface area (Å²) in [5.74, 6) is 2.38. The summed E-state index contributed by atoms with van der Waals surface area (Å²) < 4.78 is 11.6. The van der Waals surface area contributed by atoms with Gasteiger partial charge in [0.2, 0.25) is 0 Å². The molecular formula is C19H19N7O2. The Bertz CT molecular complexity index is 1010. The van der Waals surface area contributed by atoms with Crippen molar-refractivity contribution in [3.8, 4) is 28.8 Å². The summed E-state index contributed by atoms with van der Waals surface area (Å²) in [6.45, 7) is 0. The Morgan fingerprint density at radius 2 is 2.07 bits per heavy atom. The molecule has 0 spiro atoms. The molecule has 1 aliphatic carbocycles. The van der Waals surface area contributed by atoms with Gasteiger partial charge in [0, 0.05) is 12.1 Å². The Morgan fingerprint density at radius 1 is 1.21 bits per heavy atom. The Balaban J connectivity index is 1.61. The Labute approximate surface area is 161 Å². The molecule has 0 amide bonds. The number of aromatic amines is 1. The topological polar surface area (TPSA) is 135 Å². The van der Waals surface area contributed by atoms with Crippen LogP contribution in [0.3, 0.4) is 0 Å². The van der Waals surface area contributed by atoms with Crippen molar-refractivity contribution in [1.29, 1.82) is 5.26 Å². The molecule has 142 valence electrons. The van der Waals surface area contributed by atoms with Crippen LogP contribution in [0.2, 0.25) is 0 Å². The van der Waals surface area contributed by atoms with Crippen LogP contribution in [0.25, 0.3) is 11.3 Å². The second kappa shape index (κ2) is 7.54. The molecule has 0 saturated heterocycles. The molecule has 1 aromatic carbocycles. The smallest absolute Gasteiger partial charge is 0.158 e. The second-order valence-electron chi connectivity index (χ2n) is 6.42. The Hall–Kier alpha value is -3.64. The molecule has 0 aliphatic heterocycles. The van der Waals surface area contributed by atoms with Gasteiger partial charge in [0.05, 0.1) is 30.8 Å². The van der Waals surface area contributed by atoms with Gasteiger partial charge in [-0.3, -0.25) is 5.10 Å². The number of nitrogens with two attached hydrogens (primary N) is 1. The largest absolute Gasteiger partial charge is 0.496 e. The standard InChI is InChI=1S/C19H19N7O2/c1-27-15-3-2-4-16(28-14-6-5-12(14)21)19(15)13-7-17(26-25-13)24-18-10-22-11(8-20)9-23-18/h2-4,7,9-10,12,14H,5-6,21H2,1H3,(H2,23,24,25,26)/t12-,14-/m0/s1. The molecule has 3 aromatic rings. The number of H-pyrrole nitrogens is 1. The minimum atomic E-state index is 0.000274. The maximum absolute atomic E-state index is 8.80. The van der Waals surface area contributed by atoms with E-state index in [-0.39, 0.29) is 17.8 Å². The van der Waals surface area contributed by atoms with E-state index in [2.05, 4.69) is 25.5 Å². The number of rotatable bonds is 6. The predicted molar refractivity (Wildman–Crippen MR) is 102 cm³/mol. The summed E-state index contributed by atoms with van der Waals surface area (Å²) in [5.41, 5.74) is 7.77. The maximum atomic E-state index is 8.80. The van der Waals surface area contributed by atoms with Crippen LogP contribution >= 0.6 is 0 Å². The third-order valence-corrected chi connectivity index (χ3v) is 4.62. The number of nitrogens with one attached hydrogen (secondary N) is 2. The van der Waals surface area contributed by atoms with Gasteiger partial charge in [0.1, 0.15) is 29.5 Å². The number of nitriles is 1. The molecule has 0 bridgehead atoms. The molecule has 4 N–H and O–H groups in total. The van der Waals surface area contributed by atoms with Crippen molar-refractivity contribution in [3.05, 3.63) is 42.4 Å². The van der Waals surface area contributed by atoms with Crippen LogP contribution in [0.15, 0.2) is 36.7 Å². The predicted octanol–water partition coefficient (Wildman–Crippen LogP) is 2.36. The minimum absolute atomic E-state index is 0.000274. The number of hydrogen-bond acceptors (Lipinski definition) is 8. The first-order chi connectivity index (χ1) is 13.7. The van der Waals surface area contributed by atoms with Gasteiger partial charge in [0.15, 0.2) is 11.5 Å². The summed E-state index contributed by atoms with van der Waals surface area (Å²) in [7, 11) is 1.61. The highest BCUT2D eigenvalue weighted by Crippen LogP contribution is 2.40. The van der Waals surface area contributed by atoms with Gasteiger partial charge < -0.3 is 20.5 Å². The van der Waals surface area contributed by atoms with Gasteiger partial charge in [-0.2, -0.15) is 10.4 Å². The number of nitrogens with zero attached hydrogens (tertiary/aromatic N) is 4. The molecule has 1 saturated carbocycles. The van der Waals surface area contributed by atoms with Crippen molar-refractivity contribution >= 4 is 11.6 Å². The highest BCUT2D eigenvalue weighted by atomic mass is 16.5. The van der Waals surface area contributed by atoms with E-state index < -0.39 is 0 Å². The molecule has 9 heteroatoms. The molecule has 2 aromatic heterocycles. The molecule has 1 aliphatic rings. The summed E-state index contributed by atoms with van der Waals surface area (Å²) in [6, 6.07) is 9.44. The number of hydrogen-bond donors (Lipinski definition) is 3. The van der Waals surface area contributed by atoms with Gasteiger partial charge in [-0.25, -0.2) is 9.97 Å². The van der Waals surface area contributed by atoms with Crippen molar-refractivity contribution in [2.75, 3.05) is 12.4 Å². The van der Waals surface area contributed by atoms with E-state index in [1.165, 1.54) is 12.4 Å². The van der Waals surface area contributed by atoms with E-state index in [0.717, 1.165) is 24.1 Å². The zero-order valence-corrected chi connectivity index (χ0v) is 15.2. The van der Waals surface area contributed by atoms with Crippen molar-refractivity contribution in [2.45, 2.75) is 25.0 Å². The fourth-order valence-corrected chi connectivity index (χ4v) is 2.94. The summed E-state index contributed by atoms with van der Waals surface area (Å²) >= 11 is 0. The first-order valence-corrected chi connectivity index (χ1v) is 8.82. The summed E-state index contributed by atoms with van der Waals surface area (Å²) in [6.07, 6.45) is 4.77. The normalized spacial score (nSPS) is 18.0. The lowest BCUT2D eigenvalue weighted by Gasteiger charge is -2.34. The molecule has 4 rings (SSSR count). The summed E-state index contributed by atoms with van der Waals surface area (Å²) in [4.78, 5) is 8.11. The average molecular weight is 377 g/mol. The number of methoxy groups -OCH3 is 1. The van der Waals surface area contributed by atoms with Crippen molar-refractivity contribution in [2.24, 2.45) is 5.73 Å². The third-order valence-electron chi connectivity index (χ3n) is 4.62. The van der Waals surface area contributed by atoms with Gasteiger partial charge >= 0.3 is 0 Å². The maximum Gasteiger partial charge on any atom is 0.158 e. The molecular weight excluding hydrogens is 358 g/mol. The van der Waals surface area contributed by atoms with Crippen molar-refractivity contribution < 1.29 is 9.47 Å². The van der Waals surface area contributed by atoms with Crippen molar-refractivity contribution in [1.82, 2.24) is 20.2 Å². The van der Waals surface area contributed by atoms with Crippen LogP contribution in [0.1, 0.15) is 18.5 Å². The van der Waals surface area contributed by atoms with E-state index in [1.54, 1.807) is 7.11 Å². The van der Waals surface area contributed by atoms with Crippen LogP contribution in [-0.2, 0) is 0 Å². The quantitative estimate of drug-likeness (QED) is 0.596. The molecule has 2 heterocycles. The highest BCUT2D eigenvalue weighted by molar-refractivity contribution is 5.76. The monoisotopic (exact) mass is 377 g/mol. The molecule has 0 radical (unpaired) electrons. The number of aromatic nitrogens is 4.